The van der Waals surface area contributed by atoms with Crippen molar-refractivity contribution in [2.24, 2.45) is 0 Å². The van der Waals surface area contributed by atoms with Gasteiger partial charge < -0.3 is 15.2 Å². The van der Waals surface area contributed by atoms with Crippen LogP contribution in [0.15, 0.2) is 90.1 Å². The summed E-state index contributed by atoms with van der Waals surface area (Å²) in [5, 5.41) is 12.5. The molecule has 1 amide bonds. The summed E-state index contributed by atoms with van der Waals surface area (Å²) >= 11 is 11.9. The Morgan fingerprint density at radius 2 is 1.72 bits per heavy atom. The van der Waals surface area contributed by atoms with Gasteiger partial charge in [0.1, 0.15) is 16.4 Å². The molecule has 0 atom stereocenters. The van der Waals surface area contributed by atoms with Crippen LogP contribution in [0.25, 0.3) is 0 Å². The molecule has 0 spiro atoms. The van der Waals surface area contributed by atoms with Crippen molar-refractivity contribution in [2.75, 3.05) is 5.32 Å². The molecule has 200 valence electrons. The molecule has 0 saturated carbocycles. The van der Waals surface area contributed by atoms with Gasteiger partial charge in [-0.05, 0) is 66.2 Å². The predicted octanol–water partition coefficient (Wildman–Crippen LogP) is 5.54. The van der Waals surface area contributed by atoms with Crippen molar-refractivity contribution in [1.82, 2.24) is 9.71 Å². The smallest absolute Gasteiger partial charge is 0.307 e. The highest BCUT2D eigenvalue weighted by Crippen LogP contribution is 2.29. The summed E-state index contributed by atoms with van der Waals surface area (Å²) in [7, 11) is -3.87. The number of nitrogens with one attached hydrogen (secondary N) is 2. The lowest BCUT2D eigenvalue weighted by atomic mass is 10.1. The zero-order valence-corrected chi connectivity index (χ0v) is 22.4. The number of halogens is 2. The van der Waals surface area contributed by atoms with Gasteiger partial charge in [0.05, 0.1) is 16.5 Å². The standard InChI is InChI=1S/C27H21Cl2N3O6S/c28-23-9-4-18(14-24(23)29)27(35)32-20-5-7-21(8-6-20)38-25-10-3-17(13-26(33)34)12-19(25)15-31-39(36,37)22-2-1-11-30-16-22/h1-12,14,16,31H,13,15H2,(H,32,35)(H,33,34). The number of rotatable bonds is 10. The quantitative estimate of drug-likeness (QED) is 0.222. The third-order valence-electron chi connectivity index (χ3n) is 5.40. The molecule has 3 aromatic carbocycles. The topological polar surface area (TPSA) is 135 Å². The molecule has 0 bridgehead atoms. The number of hydrogen-bond donors (Lipinski definition) is 3. The molecule has 0 aliphatic rings. The lowest BCUT2D eigenvalue weighted by molar-refractivity contribution is -0.136. The molecule has 0 aliphatic carbocycles. The van der Waals surface area contributed by atoms with Gasteiger partial charge in [0, 0.05) is 35.8 Å². The number of sulfonamides is 1. The summed E-state index contributed by atoms with van der Waals surface area (Å²) in [5.74, 6) is -0.668. The zero-order valence-electron chi connectivity index (χ0n) is 20.1. The van der Waals surface area contributed by atoms with Gasteiger partial charge in [0.2, 0.25) is 10.0 Å². The number of carbonyl (C=O) groups is 2. The van der Waals surface area contributed by atoms with E-state index < -0.39 is 16.0 Å². The maximum absolute atomic E-state index is 12.7. The number of aromatic nitrogens is 1. The molecule has 39 heavy (non-hydrogen) atoms. The molecular formula is C27H21Cl2N3O6S. The van der Waals surface area contributed by atoms with Crippen molar-refractivity contribution in [3.05, 3.63) is 112 Å². The number of carbonyl (C=O) groups excluding carboxylic acids is 1. The van der Waals surface area contributed by atoms with Crippen molar-refractivity contribution in [2.45, 2.75) is 17.9 Å². The Morgan fingerprint density at radius 3 is 2.38 bits per heavy atom. The Balaban J connectivity index is 1.50. The molecule has 1 aromatic heterocycles. The molecule has 4 rings (SSSR count). The lowest BCUT2D eigenvalue weighted by Crippen LogP contribution is -2.23. The summed E-state index contributed by atoms with van der Waals surface area (Å²) in [5.41, 5.74) is 1.74. The lowest BCUT2D eigenvalue weighted by Gasteiger charge is -2.14. The van der Waals surface area contributed by atoms with Gasteiger partial charge >= 0.3 is 5.97 Å². The van der Waals surface area contributed by atoms with Gasteiger partial charge in [-0.25, -0.2) is 13.1 Å². The van der Waals surface area contributed by atoms with E-state index in [1.165, 1.54) is 36.7 Å². The highest BCUT2D eigenvalue weighted by atomic mass is 35.5. The average Bonchev–Trinajstić information content (AvgIpc) is 2.91. The van der Waals surface area contributed by atoms with Crippen LogP contribution in [0.2, 0.25) is 10.0 Å². The third kappa shape index (κ3) is 7.55. The van der Waals surface area contributed by atoms with Gasteiger partial charge in [0.15, 0.2) is 0 Å². The fraction of sp³-hybridized carbons (Fsp3) is 0.0741. The van der Waals surface area contributed by atoms with E-state index >= 15 is 0 Å². The summed E-state index contributed by atoms with van der Waals surface area (Å²) in [6.07, 6.45) is 2.45. The highest BCUT2D eigenvalue weighted by Gasteiger charge is 2.16. The molecule has 9 nitrogen and oxygen atoms in total. The molecule has 1 heterocycles. The van der Waals surface area contributed by atoms with Crippen LogP contribution >= 0.6 is 23.2 Å². The maximum Gasteiger partial charge on any atom is 0.307 e. The van der Waals surface area contributed by atoms with Gasteiger partial charge in [-0.2, -0.15) is 0 Å². The van der Waals surface area contributed by atoms with Crippen LogP contribution in [0.5, 0.6) is 11.5 Å². The van der Waals surface area contributed by atoms with Crippen molar-refractivity contribution >= 4 is 50.8 Å². The van der Waals surface area contributed by atoms with Gasteiger partial charge in [-0.1, -0.05) is 35.3 Å². The summed E-state index contributed by atoms with van der Waals surface area (Å²) in [6.45, 7) is -0.155. The zero-order chi connectivity index (χ0) is 28.0. The predicted molar refractivity (Wildman–Crippen MR) is 147 cm³/mol. The SMILES string of the molecule is O=C(O)Cc1ccc(Oc2ccc(NC(=O)c3ccc(Cl)c(Cl)c3)cc2)c(CNS(=O)(=O)c2cccnc2)c1. The summed E-state index contributed by atoms with van der Waals surface area (Å²) < 4.78 is 33.8. The van der Waals surface area contributed by atoms with E-state index in [1.807, 2.05) is 0 Å². The number of benzene rings is 3. The van der Waals surface area contributed by atoms with E-state index in [-0.39, 0.29) is 28.8 Å². The van der Waals surface area contributed by atoms with E-state index in [1.54, 1.807) is 48.5 Å². The molecular weight excluding hydrogens is 565 g/mol. The highest BCUT2D eigenvalue weighted by molar-refractivity contribution is 7.89. The van der Waals surface area contributed by atoms with Crippen LogP contribution < -0.4 is 14.8 Å². The molecule has 4 aromatic rings. The first kappa shape index (κ1) is 28.1. The monoisotopic (exact) mass is 585 g/mol. The fourth-order valence-electron chi connectivity index (χ4n) is 3.49. The van der Waals surface area contributed by atoms with Crippen LogP contribution in [-0.4, -0.2) is 30.4 Å². The van der Waals surface area contributed by atoms with Crippen LogP contribution in [-0.2, 0) is 27.8 Å². The normalized spacial score (nSPS) is 11.1. The number of ether oxygens (including phenoxy) is 1. The number of pyridine rings is 1. The first-order valence-electron chi connectivity index (χ1n) is 11.4. The van der Waals surface area contributed by atoms with E-state index in [0.29, 0.717) is 38.9 Å². The second kappa shape index (κ2) is 12.3. The molecule has 0 saturated heterocycles. The Hall–Kier alpha value is -3.96. The largest absolute Gasteiger partial charge is 0.481 e. The summed E-state index contributed by atoms with van der Waals surface area (Å²) in [4.78, 5) is 27.5. The van der Waals surface area contributed by atoms with Crippen molar-refractivity contribution in [3.8, 4) is 11.5 Å². The Morgan fingerprint density at radius 1 is 0.949 bits per heavy atom. The molecule has 0 radical (unpaired) electrons. The molecule has 0 fully saturated rings. The number of aliphatic carboxylic acids is 1. The number of amides is 1. The number of carboxylic acids is 1. The maximum atomic E-state index is 12.7. The second-order valence-corrected chi connectivity index (χ2v) is 10.8. The van der Waals surface area contributed by atoms with Gasteiger partial charge in [-0.15, -0.1) is 0 Å². The van der Waals surface area contributed by atoms with Gasteiger partial charge in [0.25, 0.3) is 5.91 Å². The average molecular weight is 586 g/mol. The van der Waals surface area contributed by atoms with E-state index in [9.17, 15) is 18.0 Å². The van der Waals surface area contributed by atoms with E-state index in [2.05, 4.69) is 15.0 Å². The van der Waals surface area contributed by atoms with Crippen molar-refractivity contribution in [3.63, 3.8) is 0 Å². The Kier molecular flexibility index (Phi) is 8.82. The molecule has 3 N–H and O–H groups in total. The Labute approximate surface area is 234 Å². The van der Waals surface area contributed by atoms with Crippen LogP contribution in [0.3, 0.4) is 0 Å². The second-order valence-electron chi connectivity index (χ2n) is 8.24. The van der Waals surface area contributed by atoms with Crippen molar-refractivity contribution in [1.29, 1.82) is 0 Å². The van der Waals surface area contributed by atoms with Crippen molar-refractivity contribution < 1.29 is 27.9 Å². The minimum atomic E-state index is -3.87. The molecule has 0 aliphatic heterocycles. The number of carboxylic acid groups (broad SMARTS) is 1. The van der Waals surface area contributed by atoms with Crippen LogP contribution in [0.4, 0.5) is 5.69 Å². The fourth-order valence-corrected chi connectivity index (χ4v) is 4.76. The Bertz CT molecular complexity index is 1610. The van der Waals surface area contributed by atoms with Crippen LogP contribution in [0, 0.1) is 0 Å². The molecule has 12 heteroatoms. The first-order chi connectivity index (χ1) is 18.6. The minimum absolute atomic E-state index is 0.00679. The third-order valence-corrected chi connectivity index (χ3v) is 7.52. The van der Waals surface area contributed by atoms with Gasteiger partial charge in [-0.3, -0.25) is 14.6 Å². The summed E-state index contributed by atoms with van der Waals surface area (Å²) in [6, 6.07) is 18.7. The number of nitrogens with zero attached hydrogens (tertiary/aromatic N) is 1. The van der Waals surface area contributed by atoms with E-state index in [4.69, 9.17) is 33.0 Å². The number of anilines is 1. The van der Waals surface area contributed by atoms with Crippen LogP contribution in [0.1, 0.15) is 21.5 Å². The first-order valence-corrected chi connectivity index (χ1v) is 13.6. The number of hydrogen-bond acceptors (Lipinski definition) is 6. The molecule has 0 unspecified atom stereocenters. The minimum Gasteiger partial charge on any atom is -0.481 e. The van der Waals surface area contributed by atoms with E-state index in [0.717, 1.165) is 0 Å².